The standard InChI is InChI=1S/C17H16F3NO5S/c1-10(16(22)25-2)26-15-14(8-12(9-21-15)17(18,19)20)11-5-4-6-13(7-11)27(3,23)24/h4-10H,1-3H3/t10-/m1/s1. The van der Waals surface area contributed by atoms with Gasteiger partial charge in [-0.25, -0.2) is 18.2 Å². The summed E-state index contributed by atoms with van der Waals surface area (Å²) in [5, 5.41) is 0. The number of esters is 1. The van der Waals surface area contributed by atoms with E-state index in [1.807, 2.05) is 0 Å². The maximum absolute atomic E-state index is 13.1. The second-order valence-electron chi connectivity index (χ2n) is 5.66. The number of rotatable bonds is 5. The third-order valence-electron chi connectivity index (χ3n) is 3.57. The molecule has 2 rings (SSSR count). The van der Waals surface area contributed by atoms with Crippen molar-refractivity contribution in [2.75, 3.05) is 13.4 Å². The largest absolute Gasteiger partial charge is 0.466 e. The van der Waals surface area contributed by atoms with Gasteiger partial charge in [0.15, 0.2) is 15.9 Å². The van der Waals surface area contributed by atoms with Crippen LogP contribution in [0.2, 0.25) is 0 Å². The van der Waals surface area contributed by atoms with Crippen LogP contribution in [-0.4, -0.2) is 38.8 Å². The van der Waals surface area contributed by atoms with E-state index in [-0.39, 0.29) is 21.9 Å². The van der Waals surface area contributed by atoms with Gasteiger partial charge in [0, 0.05) is 18.0 Å². The average molecular weight is 403 g/mol. The highest BCUT2D eigenvalue weighted by atomic mass is 32.2. The number of nitrogens with zero attached hydrogens (tertiary/aromatic N) is 1. The number of benzene rings is 1. The van der Waals surface area contributed by atoms with Gasteiger partial charge in [0.05, 0.1) is 17.6 Å². The van der Waals surface area contributed by atoms with E-state index in [0.717, 1.165) is 19.4 Å². The summed E-state index contributed by atoms with van der Waals surface area (Å²) in [5.74, 6) is -1.00. The quantitative estimate of drug-likeness (QED) is 0.714. The summed E-state index contributed by atoms with van der Waals surface area (Å²) in [6.45, 7) is 1.35. The SMILES string of the molecule is COC(=O)[C@@H](C)Oc1ncc(C(F)(F)F)cc1-c1cccc(S(C)(=O)=O)c1. The third kappa shape index (κ3) is 4.97. The van der Waals surface area contributed by atoms with Crippen molar-refractivity contribution >= 4 is 15.8 Å². The fourth-order valence-corrected chi connectivity index (χ4v) is 2.85. The lowest BCUT2D eigenvalue weighted by molar-refractivity contribution is -0.148. The first-order chi connectivity index (χ1) is 12.4. The Balaban J connectivity index is 2.62. The molecule has 0 aliphatic heterocycles. The molecule has 6 nitrogen and oxygen atoms in total. The van der Waals surface area contributed by atoms with Crippen molar-refractivity contribution in [1.82, 2.24) is 4.98 Å². The van der Waals surface area contributed by atoms with Gasteiger partial charge in [0.25, 0.3) is 0 Å². The maximum atomic E-state index is 13.1. The Morgan fingerprint density at radius 3 is 2.44 bits per heavy atom. The van der Waals surface area contributed by atoms with Gasteiger partial charge >= 0.3 is 12.1 Å². The van der Waals surface area contributed by atoms with E-state index in [9.17, 15) is 26.4 Å². The molecule has 1 aromatic heterocycles. The maximum Gasteiger partial charge on any atom is 0.417 e. The van der Waals surface area contributed by atoms with Crippen LogP contribution >= 0.6 is 0 Å². The number of sulfone groups is 1. The normalized spacial score (nSPS) is 13.1. The predicted molar refractivity (Wildman–Crippen MR) is 89.9 cm³/mol. The summed E-state index contributed by atoms with van der Waals surface area (Å²) in [5.41, 5.74) is -1.00. The molecule has 27 heavy (non-hydrogen) atoms. The molecule has 0 unspecified atom stereocenters. The summed E-state index contributed by atoms with van der Waals surface area (Å²) < 4.78 is 72.6. The second-order valence-corrected chi connectivity index (χ2v) is 7.67. The van der Waals surface area contributed by atoms with Crippen molar-refractivity contribution in [1.29, 1.82) is 0 Å². The molecule has 0 fully saturated rings. The first-order valence-corrected chi connectivity index (χ1v) is 9.45. The summed E-state index contributed by atoms with van der Waals surface area (Å²) in [7, 11) is -2.44. The molecule has 0 bridgehead atoms. The molecule has 1 aromatic carbocycles. The molecule has 2 aromatic rings. The molecule has 0 aliphatic rings. The van der Waals surface area contributed by atoms with Gasteiger partial charge in [-0.15, -0.1) is 0 Å². The number of pyridine rings is 1. The van der Waals surface area contributed by atoms with Crippen LogP contribution in [-0.2, 0) is 25.5 Å². The van der Waals surface area contributed by atoms with Crippen LogP contribution in [0.5, 0.6) is 5.88 Å². The molecule has 0 N–H and O–H groups in total. The van der Waals surface area contributed by atoms with E-state index >= 15 is 0 Å². The molecule has 0 spiro atoms. The van der Waals surface area contributed by atoms with E-state index in [1.54, 1.807) is 0 Å². The van der Waals surface area contributed by atoms with Crippen LogP contribution in [0.15, 0.2) is 41.4 Å². The van der Waals surface area contributed by atoms with Crippen molar-refractivity contribution in [3.63, 3.8) is 0 Å². The highest BCUT2D eigenvalue weighted by molar-refractivity contribution is 7.90. The lowest BCUT2D eigenvalue weighted by atomic mass is 10.1. The Hall–Kier alpha value is -2.62. The van der Waals surface area contributed by atoms with Gasteiger partial charge in [-0.1, -0.05) is 12.1 Å². The zero-order chi connectivity index (χ0) is 20.4. The van der Waals surface area contributed by atoms with E-state index in [1.165, 1.54) is 31.2 Å². The van der Waals surface area contributed by atoms with Crippen LogP contribution in [0.1, 0.15) is 12.5 Å². The summed E-state index contributed by atoms with van der Waals surface area (Å²) in [4.78, 5) is 15.1. The highest BCUT2D eigenvalue weighted by Gasteiger charge is 2.32. The number of halogens is 3. The molecule has 0 amide bonds. The van der Waals surface area contributed by atoms with Crippen LogP contribution in [0.4, 0.5) is 13.2 Å². The zero-order valence-electron chi connectivity index (χ0n) is 14.6. The van der Waals surface area contributed by atoms with Gasteiger partial charge in [-0.2, -0.15) is 13.2 Å². The Morgan fingerprint density at radius 2 is 1.89 bits per heavy atom. The molecule has 1 atom stereocenters. The number of hydrogen-bond donors (Lipinski definition) is 0. The van der Waals surface area contributed by atoms with Crippen LogP contribution < -0.4 is 4.74 Å². The molecule has 0 saturated carbocycles. The Labute approximate surface area is 153 Å². The van der Waals surface area contributed by atoms with E-state index in [0.29, 0.717) is 6.20 Å². The fourth-order valence-electron chi connectivity index (χ4n) is 2.18. The molecule has 0 radical (unpaired) electrons. The average Bonchev–Trinajstić information content (AvgIpc) is 2.59. The zero-order valence-corrected chi connectivity index (χ0v) is 15.4. The van der Waals surface area contributed by atoms with Gasteiger partial charge in [0.1, 0.15) is 0 Å². The number of methoxy groups -OCH3 is 1. The molecule has 146 valence electrons. The van der Waals surface area contributed by atoms with Gasteiger partial charge < -0.3 is 9.47 Å². The van der Waals surface area contributed by atoms with Crippen molar-refractivity contribution in [3.05, 3.63) is 42.1 Å². The van der Waals surface area contributed by atoms with E-state index < -0.39 is 33.7 Å². The Kier molecular flexibility index (Phi) is 5.79. The smallest absolute Gasteiger partial charge is 0.417 e. The van der Waals surface area contributed by atoms with E-state index in [4.69, 9.17) is 4.74 Å². The van der Waals surface area contributed by atoms with Crippen LogP contribution in [0.25, 0.3) is 11.1 Å². The molecule has 10 heteroatoms. The fraction of sp³-hybridized carbons (Fsp3) is 0.294. The van der Waals surface area contributed by atoms with Gasteiger partial charge in [-0.05, 0) is 30.7 Å². The number of carbonyl (C=O) groups is 1. The highest BCUT2D eigenvalue weighted by Crippen LogP contribution is 2.36. The number of aromatic nitrogens is 1. The molecular weight excluding hydrogens is 387 g/mol. The minimum atomic E-state index is -4.66. The number of carbonyl (C=O) groups excluding carboxylic acids is 1. The minimum absolute atomic E-state index is 0.0793. The summed E-state index contributed by atoms with van der Waals surface area (Å²) in [6.07, 6.45) is -4.24. The third-order valence-corrected chi connectivity index (χ3v) is 4.68. The van der Waals surface area contributed by atoms with Gasteiger partial charge in [0.2, 0.25) is 5.88 Å². The number of ether oxygens (including phenoxy) is 2. The number of hydrogen-bond acceptors (Lipinski definition) is 6. The van der Waals surface area contributed by atoms with Crippen molar-refractivity contribution in [3.8, 4) is 17.0 Å². The van der Waals surface area contributed by atoms with Crippen molar-refractivity contribution in [2.24, 2.45) is 0 Å². The topological polar surface area (TPSA) is 82.6 Å². The minimum Gasteiger partial charge on any atom is -0.466 e. The first-order valence-electron chi connectivity index (χ1n) is 7.55. The summed E-state index contributed by atoms with van der Waals surface area (Å²) >= 11 is 0. The number of alkyl halides is 3. The first kappa shape index (κ1) is 20.7. The molecular formula is C17H16F3NO5S. The molecule has 0 aliphatic carbocycles. The monoisotopic (exact) mass is 403 g/mol. The second kappa shape index (κ2) is 7.55. The van der Waals surface area contributed by atoms with Crippen molar-refractivity contribution in [2.45, 2.75) is 24.1 Å². The van der Waals surface area contributed by atoms with Gasteiger partial charge in [-0.3, -0.25) is 0 Å². The lowest BCUT2D eigenvalue weighted by Gasteiger charge is -2.17. The lowest BCUT2D eigenvalue weighted by Crippen LogP contribution is -2.25. The van der Waals surface area contributed by atoms with Crippen LogP contribution in [0.3, 0.4) is 0 Å². The Bertz CT molecular complexity index is 957. The van der Waals surface area contributed by atoms with Crippen molar-refractivity contribution < 1.29 is 35.9 Å². The molecule has 0 saturated heterocycles. The Morgan fingerprint density at radius 1 is 1.22 bits per heavy atom. The molecule has 1 heterocycles. The van der Waals surface area contributed by atoms with Crippen LogP contribution in [0, 0.1) is 0 Å². The van der Waals surface area contributed by atoms with E-state index in [2.05, 4.69) is 9.72 Å². The predicted octanol–water partition coefficient (Wildman–Crippen LogP) is 3.11. The summed E-state index contributed by atoms with van der Waals surface area (Å²) in [6, 6.07) is 6.12.